The summed E-state index contributed by atoms with van der Waals surface area (Å²) >= 11 is 0. The molecule has 0 unspecified atom stereocenters. The van der Waals surface area contributed by atoms with Crippen LogP contribution in [-0.4, -0.2) is 83.2 Å². The Bertz CT molecular complexity index is 1640. The Labute approximate surface area is 278 Å². The summed E-state index contributed by atoms with van der Waals surface area (Å²) in [6.45, 7) is 4.38. The van der Waals surface area contributed by atoms with E-state index < -0.39 is 17.6 Å². The number of amides is 2. The van der Waals surface area contributed by atoms with Crippen LogP contribution in [-0.2, 0) is 6.18 Å². The SMILES string of the molecule is CCOc1cncc(-c2cc(C(=O)N3CCN(c4ccc(C(=O)N(C)CC56CC7CC(CC(C7)C5)C6)nn4)CC3)cc(C(F)(F)F)c2)c1. The number of anilines is 1. The minimum absolute atomic E-state index is 0.0459. The van der Waals surface area contributed by atoms with Crippen LogP contribution in [0, 0.1) is 23.2 Å². The summed E-state index contributed by atoms with van der Waals surface area (Å²) in [6.07, 6.45) is 6.07. The molecule has 5 aliphatic rings. The summed E-state index contributed by atoms with van der Waals surface area (Å²) in [5, 5.41) is 8.62. The molecule has 5 fully saturated rings. The van der Waals surface area contributed by atoms with E-state index in [4.69, 9.17) is 4.74 Å². The van der Waals surface area contributed by atoms with Gasteiger partial charge in [-0.05, 0) is 111 Å². The average Bonchev–Trinajstić information content (AvgIpc) is 3.06. The molecule has 0 radical (unpaired) electrons. The Morgan fingerprint density at radius 3 is 2.21 bits per heavy atom. The predicted molar refractivity (Wildman–Crippen MR) is 174 cm³/mol. The van der Waals surface area contributed by atoms with Gasteiger partial charge in [0.05, 0.1) is 18.4 Å². The number of carbonyl (C=O) groups excluding carboxylic acids is 2. The summed E-state index contributed by atoms with van der Waals surface area (Å²) in [5.41, 5.74) is 0.250. The zero-order chi connectivity index (χ0) is 33.6. The Kier molecular flexibility index (Phi) is 8.53. The van der Waals surface area contributed by atoms with E-state index in [1.165, 1.54) is 57.0 Å². The van der Waals surface area contributed by atoms with E-state index in [9.17, 15) is 22.8 Å². The van der Waals surface area contributed by atoms with Gasteiger partial charge < -0.3 is 19.4 Å². The second-order valence-electron chi connectivity index (χ2n) is 14.3. The molecule has 48 heavy (non-hydrogen) atoms. The molecule has 9 nitrogen and oxygen atoms in total. The van der Waals surface area contributed by atoms with Gasteiger partial charge in [0.25, 0.3) is 11.8 Å². The fourth-order valence-corrected chi connectivity index (χ4v) is 9.09. The fraction of sp³-hybridized carbons (Fsp3) is 0.528. The Morgan fingerprint density at radius 1 is 0.917 bits per heavy atom. The number of rotatable bonds is 8. The third-order valence-corrected chi connectivity index (χ3v) is 10.7. The lowest BCUT2D eigenvalue weighted by Gasteiger charge is -2.57. The number of hydrogen-bond donors (Lipinski definition) is 0. The summed E-state index contributed by atoms with van der Waals surface area (Å²) in [6, 6.07) is 8.49. The maximum Gasteiger partial charge on any atom is 0.416 e. The molecule has 1 aliphatic heterocycles. The molecular weight excluding hydrogens is 621 g/mol. The molecule has 8 rings (SSSR count). The zero-order valence-electron chi connectivity index (χ0n) is 27.4. The molecule has 0 N–H and O–H groups in total. The highest BCUT2D eigenvalue weighted by Gasteiger charge is 2.51. The number of benzene rings is 1. The van der Waals surface area contributed by atoms with Crippen molar-refractivity contribution in [2.45, 2.75) is 51.6 Å². The Balaban J connectivity index is 0.989. The molecule has 0 spiro atoms. The lowest BCUT2D eigenvalue weighted by molar-refractivity contribution is -0.137. The minimum Gasteiger partial charge on any atom is -0.492 e. The molecule has 254 valence electrons. The Hall–Kier alpha value is -4.22. The maximum atomic E-state index is 13.9. The number of piperazine rings is 1. The van der Waals surface area contributed by atoms with Crippen molar-refractivity contribution in [3.05, 3.63) is 65.6 Å². The van der Waals surface area contributed by atoms with Crippen molar-refractivity contribution in [1.29, 1.82) is 0 Å². The largest absolute Gasteiger partial charge is 0.492 e. The molecule has 1 saturated heterocycles. The number of pyridine rings is 1. The lowest BCUT2D eigenvalue weighted by atomic mass is 9.49. The number of aromatic nitrogens is 3. The van der Waals surface area contributed by atoms with Crippen LogP contribution in [0.15, 0.2) is 48.8 Å². The monoisotopic (exact) mass is 662 g/mol. The highest BCUT2D eigenvalue weighted by atomic mass is 19.4. The number of alkyl halides is 3. The summed E-state index contributed by atoms with van der Waals surface area (Å²) in [5.74, 6) is 2.87. The average molecular weight is 663 g/mol. The van der Waals surface area contributed by atoms with Gasteiger partial charge >= 0.3 is 6.18 Å². The normalized spacial score (nSPS) is 24.9. The quantitative estimate of drug-likeness (QED) is 0.284. The van der Waals surface area contributed by atoms with E-state index in [0.29, 0.717) is 55.6 Å². The highest BCUT2D eigenvalue weighted by Crippen LogP contribution is 2.60. The van der Waals surface area contributed by atoms with Crippen molar-refractivity contribution < 1.29 is 27.5 Å². The van der Waals surface area contributed by atoms with Crippen molar-refractivity contribution in [1.82, 2.24) is 25.0 Å². The summed E-state index contributed by atoms with van der Waals surface area (Å²) in [4.78, 5) is 36.3. The van der Waals surface area contributed by atoms with Gasteiger partial charge in [-0.3, -0.25) is 14.6 Å². The smallest absolute Gasteiger partial charge is 0.416 e. The van der Waals surface area contributed by atoms with Crippen LogP contribution >= 0.6 is 0 Å². The van der Waals surface area contributed by atoms with Crippen molar-refractivity contribution in [2.24, 2.45) is 23.2 Å². The molecular formula is C36H41F3N6O3. The predicted octanol–water partition coefficient (Wildman–Crippen LogP) is 6.21. The molecule has 4 bridgehead atoms. The molecule has 2 aromatic heterocycles. The third kappa shape index (κ3) is 6.58. The third-order valence-electron chi connectivity index (χ3n) is 10.7. The number of nitrogens with zero attached hydrogens (tertiary/aromatic N) is 6. The molecule has 2 amide bonds. The van der Waals surface area contributed by atoms with Gasteiger partial charge in [-0.2, -0.15) is 13.2 Å². The second kappa shape index (κ2) is 12.7. The standard InChI is InChI=1S/C36H41F3N6O3/c1-3-48-30-16-28(20-40-21-30)26-13-27(15-29(14-26)36(37,38)39)33(46)45-8-6-44(7-9-45)32-5-4-31(41-42-32)34(47)43(2)22-35-17-23-10-24(18-35)12-25(11-23)19-35/h4-5,13-16,20-21,23-25H,3,6-12,17-19,22H2,1-2H3. The zero-order valence-corrected chi connectivity index (χ0v) is 27.4. The van der Waals surface area contributed by atoms with Crippen molar-refractivity contribution >= 4 is 17.6 Å². The van der Waals surface area contributed by atoms with Gasteiger partial charge in [-0.25, -0.2) is 0 Å². The van der Waals surface area contributed by atoms with E-state index in [1.54, 1.807) is 30.0 Å². The molecule has 12 heteroatoms. The maximum absolute atomic E-state index is 13.9. The van der Waals surface area contributed by atoms with E-state index in [-0.39, 0.29) is 22.4 Å². The summed E-state index contributed by atoms with van der Waals surface area (Å²) in [7, 11) is 1.87. The number of hydrogen-bond acceptors (Lipinski definition) is 7. The lowest BCUT2D eigenvalue weighted by Crippen LogP contribution is -2.51. The van der Waals surface area contributed by atoms with Crippen LogP contribution in [0.3, 0.4) is 0 Å². The first-order chi connectivity index (χ1) is 23.0. The van der Waals surface area contributed by atoms with Crippen molar-refractivity contribution in [3.63, 3.8) is 0 Å². The van der Waals surface area contributed by atoms with Gasteiger partial charge in [0.15, 0.2) is 11.5 Å². The molecule has 4 aliphatic carbocycles. The van der Waals surface area contributed by atoms with Crippen LogP contribution in [0.2, 0.25) is 0 Å². The first-order valence-corrected chi connectivity index (χ1v) is 16.9. The van der Waals surface area contributed by atoms with Crippen molar-refractivity contribution in [3.8, 4) is 16.9 Å². The first kappa shape index (κ1) is 32.3. The van der Waals surface area contributed by atoms with E-state index in [1.807, 2.05) is 16.8 Å². The molecule has 1 aromatic carbocycles. The minimum atomic E-state index is -4.63. The van der Waals surface area contributed by atoms with Gasteiger partial charge in [0, 0.05) is 57.1 Å². The van der Waals surface area contributed by atoms with Gasteiger partial charge in [-0.15, -0.1) is 10.2 Å². The summed E-state index contributed by atoms with van der Waals surface area (Å²) < 4.78 is 47.1. The van der Waals surface area contributed by atoms with Crippen LogP contribution in [0.25, 0.3) is 11.1 Å². The molecule has 3 heterocycles. The van der Waals surface area contributed by atoms with Crippen LogP contribution in [0.5, 0.6) is 5.75 Å². The fourth-order valence-electron chi connectivity index (χ4n) is 9.09. The topological polar surface area (TPSA) is 91.8 Å². The van der Waals surface area contributed by atoms with Crippen LogP contribution in [0.1, 0.15) is 71.9 Å². The molecule has 3 aromatic rings. The van der Waals surface area contributed by atoms with Gasteiger partial charge in [0.1, 0.15) is 5.75 Å². The van der Waals surface area contributed by atoms with Gasteiger partial charge in [0.2, 0.25) is 0 Å². The molecule has 4 saturated carbocycles. The number of carbonyl (C=O) groups is 2. The van der Waals surface area contributed by atoms with Crippen LogP contribution < -0.4 is 9.64 Å². The van der Waals surface area contributed by atoms with E-state index >= 15 is 0 Å². The highest BCUT2D eigenvalue weighted by molar-refractivity contribution is 5.96. The Morgan fingerprint density at radius 2 is 1.60 bits per heavy atom. The number of ether oxygens (including phenoxy) is 1. The first-order valence-electron chi connectivity index (χ1n) is 16.9. The van der Waals surface area contributed by atoms with Crippen LogP contribution in [0.4, 0.5) is 19.0 Å². The second-order valence-corrected chi connectivity index (χ2v) is 14.3. The van der Waals surface area contributed by atoms with E-state index in [0.717, 1.165) is 36.4 Å². The number of halogens is 3. The van der Waals surface area contributed by atoms with Crippen molar-refractivity contribution in [2.75, 3.05) is 51.3 Å². The van der Waals surface area contributed by atoms with E-state index in [2.05, 4.69) is 15.2 Å². The van der Waals surface area contributed by atoms with Gasteiger partial charge in [-0.1, -0.05) is 0 Å². The molecule has 0 atom stereocenters.